The molecule has 3 aromatic carbocycles. The molecule has 32 heavy (non-hydrogen) atoms. The van der Waals surface area contributed by atoms with Gasteiger partial charge in [0.15, 0.2) is 0 Å². The average molecular weight is 448 g/mol. The van der Waals surface area contributed by atoms with Crippen molar-refractivity contribution in [1.82, 2.24) is 9.88 Å². The summed E-state index contributed by atoms with van der Waals surface area (Å²) in [6.07, 6.45) is 0.973. The van der Waals surface area contributed by atoms with Crippen molar-refractivity contribution >= 4 is 26.8 Å². The Hall–Kier alpha value is -3.42. The number of carbonyl (C=O) groups excluding carboxylic acids is 1. The first-order valence-corrected chi connectivity index (χ1v) is 12.0. The van der Waals surface area contributed by atoms with Gasteiger partial charge >= 0.3 is 0 Å². The Morgan fingerprint density at radius 3 is 2.31 bits per heavy atom. The number of para-hydroxylation sites is 1. The quantitative estimate of drug-likeness (QED) is 0.431. The third-order valence-corrected chi connectivity index (χ3v) is 6.36. The number of hydrogen-bond acceptors (Lipinski definition) is 3. The van der Waals surface area contributed by atoms with Crippen LogP contribution in [0.25, 0.3) is 22.2 Å². The minimum absolute atomic E-state index is 0.0250. The van der Waals surface area contributed by atoms with Crippen LogP contribution in [0.4, 0.5) is 0 Å². The molecule has 0 atom stereocenters. The van der Waals surface area contributed by atoms with Gasteiger partial charge in [0, 0.05) is 36.1 Å². The molecule has 0 radical (unpaired) electrons. The molecule has 0 unspecified atom stereocenters. The minimum atomic E-state index is -3.69. The topological polar surface area (TPSA) is 94.2 Å². The Kier molecular flexibility index (Phi) is 6.39. The molecule has 1 aromatic heterocycles. The molecule has 4 rings (SSSR count). The highest BCUT2D eigenvalue weighted by molar-refractivity contribution is 7.89. The van der Waals surface area contributed by atoms with Crippen LogP contribution in [0.1, 0.15) is 12.0 Å². The van der Waals surface area contributed by atoms with Gasteiger partial charge in [-0.05, 0) is 41.8 Å². The predicted molar refractivity (Wildman–Crippen MR) is 127 cm³/mol. The summed E-state index contributed by atoms with van der Waals surface area (Å²) < 4.78 is 24.9. The van der Waals surface area contributed by atoms with E-state index in [0.29, 0.717) is 25.9 Å². The van der Waals surface area contributed by atoms with Gasteiger partial charge in [-0.1, -0.05) is 60.7 Å². The molecule has 1 amide bonds. The van der Waals surface area contributed by atoms with Gasteiger partial charge in [-0.2, -0.15) is 0 Å². The van der Waals surface area contributed by atoms with E-state index in [1.54, 1.807) is 12.1 Å². The molecular weight excluding hydrogens is 422 g/mol. The maximum Gasteiger partial charge on any atom is 0.238 e. The number of aromatic nitrogens is 1. The summed E-state index contributed by atoms with van der Waals surface area (Å²) in [5.74, 6) is -0.0250. The fourth-order valence-electron chi connectivity index (χ4n) is 3.79. The van der Waals surface area contributed by atoms with Gasteiger partial charge in [0.1, 0.15) is 0 Å². The monoisotopic (exact) mass is 447 g/mol. The van der Waals surface area contributed by atoms with Gasteiger partial charge in [-0.3, -0.25) is 4.79 Å². The molecule has 0 aliphatic carbocycles. The molecule has 0 bridgehead atoms. The Labute approximate surface area is 187 Å². The predicted octanol–water partition coefficient (Wildman–Crippen LogP) is 3.70. The van der Waals surface area contributed by atoms with Gasteiger partial charge in [0.05, 0.1) is 4.90 Å². The van der Waals surface area contributed by atoms with Crippen molar-refractivity contribution in [2.75, 3.05) is 6.54 Å². The summed E-state index contributed by atoms with van der Waals surface area (Å²) in [6.45, 7) is 1.05. The molecule has 4 aromatic rings. The summed E-state index contributed by atoms with van der Waals surface area (Å²) in [5.41, 5.74) is 4.25. The van der Waals surface area contributed by atoms with E-state index in [4.69, 9.17) is 5.14 Å². The molecular formula is C25H25N3O3S. The Bertz CT molecular complexity index is 1330. The van der Waals surface area contributed by atoms with Gasteiger partial charge < -0.3 is 9.88 Å². The van der Waals surface area contributed by atoms with E-state index in [0.717, 1.165) is 27.7 Å². The fraction of sp³-hybridized carbons (Fsp3) is 0.160. The normalized spacial score (nSPS) is 11.5. The molecule has 0 aliphatic rings. The molecule has 1 heterocycles. The number of nitrogens with two attached hydrogens (primary N) is 1. The van der Waals surface area contributed by atoms with Crippen LogP contribution in [0.2, 0.25) is 0 Å². The van der Waals surface area contributed by atoms with Crippen LogP contribution >= 0.6 is 0 Å². The highest BCUT2D eigenvalue weighted by Gasteiger charge is 2.12. The fourth-order valence-corrected chi connectivity index (χ4v) is 4.31. The maximum absolute atomic E-state index is 12.5. The summed E-state index contributed by atoms with van der Waals surface area (Å²) in [7, 11) is -3.69. The van der Waals surface area contributed by atoms with Crippen molar-refractivity contribution in [3.63, 3.8) is 0 Å². The lowest BCUT2D eigenvalue weighted by Gasteiger charge is -2.12. The smallest absolute Gasteiger partial charge is 0.238 e. The minimum Gasteiger partial charge on any atom is -0.356 e. The number of hydrogen-bond donors (Lipinski definition) is 2. The van der Waals surface area contributed by atoms with Crippen LogP contribution in [-0.4, -0.2) is 25.4 Å². The first-order valence-electron chi connectivity index (χ1n) is 10.4. The molecule has 3 N–H and O–H groups in total. The van der Waals surface area contributed by atoms with E-state index in [2.05, 4.69) is 40.2 Å². The second kappa shape index (κ2) is 9.38. The van der Waals surface area contributed by atoms with Crippen LogP contribution in [-0.2, 0) is 27.8 Å². The van der Waals surface area contributed by atoms with Gasteiger partial charge in [0.2, 0.25) is 15.9 Å². The van der Waals surface area contributed by atoms with Crippen molar-refractivity contribution < 1.29 is 13.2 Å². The van der Waals surface area contributed by atoms with E-state index >= 15 is 0 Å². The third-order valence-electron chi connectivity index (χ3n) is 5.43. The first-order chi connectivity index (χ1) is 15.4. The number of benzene rings is 3. The van der Waals surface area contributed by atoms with Crippen molar-refractivity contribution in [2.45, 2.75) is 24.3 Å². The summed E-state index contributed by atoms with van der Waals surface area (Å²) >= 11 is 0. The number of amides is 1. The number of primary sulfonamides is 1. The van der Waals surface area contributed by atoms with Crippen LogP contribution in [0.5, 0.6) is 0 Å². The van der Waals surface area contributed by atoms with Crippen molar-refractivity contribution in [2.24, 2.45) is 5.14 Å². The molecule has 164 valence electrons. The highest BCUT2D eigenvalue weighted by Crippen LogP contribution is 2.28. The van der Waals surface area contributed by atoms with Crippen LogP contribution in [0.3, 0.4) is 0 Å². The second-order valence-electron chi connectivity index (χ2n) is 7.64. The zero-order valence-corrected chi connectivity index (χ0v) is 18.4. The lowest BCUT2D eigenvalue weighted by atomic mass is 10.1. The largest absolute Gasteiger partial charge is 0.356 e. The Morgan fingerprint density at radius 2 is 1.59 bits per heavy atom. The molecule has 0 spiro atoms. The number of carbonyl (C=O) groups is 1. The van der Waals surface area contributed by atoms with Gasteiger partial charge in [-0.25, -0.2) is 13.6 Å². The van der Waals surface area contributed by atoms with Gasteiger partial charge in [-0.15, -0.1) is 0 Å². The van der Waals surface area contributed by atoms with Crippen molar-refractivity contribution in [3.8, 4) is 11.3 Å². The molecule has 0 fully saturated rings. The van der Waals surface area contributed by atoms with E-state index in [1.807, 2.05) is 30.3 Å². The number of nitrogens with one attached hydrogen (secondary N) is 1. The zero-order chi connectivity index (χ0) is 22.6. The Morgan fingerprint density at radius 1 is 0.906 bits per heavy atom. The molecule has 6 nitrogen and oxygen atoms in total. The SMILES string of the molecule is NS(=O)(=O)c1ccc(CCNC(=O)CCn2c(-c3ccccc3)cc3ccccc32)cc1. The summed E-state index contributed by atoms with van der Waals surface area (Å²) in [4.78, 5) is 12.6. The standard InChI is InChI=1S/C25H25N3O3S/c26-32(30,31)22-12-10-19(11-13-22)14-16-27-25(29)15-17-28-23-9-5-4-8-21(23)18-24(28)20-6-2-1-3-7-20/h1-13,18H,14-17H2,(H,27,29)(H2,26,30,31). The maximum atomic E-state index is 12.5. The first kappa shape index (κ1) is 21.8. The van der Waals surface area contributed by atoms with E-state index < -0.39 is 10.0 Å². The molecule has 0 saturated carbocycles. The third kappa shape index (κ3) is 5.07. The van der Waals surface area contributed by atoms with Crippen molar-refractivity contribution in [3.05, 3.63) is 90.5 Å². The molecule has 7 heteroatoms. The Balaban J connectivity index is 1.38. The van der Waals surface area contributed by atoms with E-state index in [9.17, 15) is 13.2 Å². The van der Waals surface area contributed by atoms with Crippen LogP contribution in [0, 0.1) is 0 Å². The number of aryl methyl sites for hydroxylation is 1. The van der Waals surface area contributed by atoms with E-state index in [-0.39, 0.29) is 10.8 Å². The lowest BCUT2D eigenvalue weighted by Crippen LogP contribution is -2.26. The summed E-state index contributed by atoms with van der Waals surface area (Å²) in [5, 5.41) is 9.21. The van der Waals surface area contributed by atoms with E-state index in [1.165, 1.54) is 12.1 Å². The second-order valence-corrected chi connectivity index (χ2v) is 9.21. The lowest BCUT2D eigenvalue weighted by molar-refractivity contribution is -0.121. The molecule has 0 saturated heterocycles. The number of sulfonamides is 1. The number of fused-ring (bicyclic) bond motifs is 1. The average Bonchev–Trinajstić information content (AvgIpc) is 3.17. The summed E-state index contributed by atoms with van der Waals surface area (Å²) in [6, 6.07) is 26.9. The van der Waals surface area contributed by atoms with Crippen LogP contribution in [0.15, 0.2) is 89.8 Å². The number of nitrogens with zero attached hydrogens (tertiary/aromatic N) is 1. The van der Waals surface area contributed by atoms with Crippen LogP contribution < -0.4 is 10.5 Å². The van der Waals surface area contributed by atoms with Crippen molar-refractivity contribution in [1.29, 1.82) is 0 Å². The highest BCUT2D eigenvalue weighted by atomic mass is 32.2. The molecule has 0 aliphatic heterocycles. The van der Waals surface area contributed by atoms with Gasteiger partial charge in [0.25, 0.3) is 0 Å². The zero-order valence-electron chi connectivity index (χ0n) is 17.6. The number of rotatable bonds is 8.